The summed E-state index contributed by atoms with van der Waals surface area (Å²) in [6, 6.07) is 7.23. The van der Waals surface area contributed by atoms with Crippen LogP contribution in [0.15, 0.2) is 30.5 Å². The van der Waals surface area contributed by atoms with Gasteiger partial charge >= 0.3 is 5.97 Å². The predicted molar refractivity (Wildman–Crippen MR) is 74.6 cm³/mol. The number of carboxylic acid groups (broad SMARTS) is 1. The van der Waals surface area contributed by atoms with Crippen molar-refractivity contribution in [1.29, 1.82) is 0 Å². The fourth-order valence-electron chi connectivity index (χ4n) is 2.34. The first-order valence-corrected chi connectivity index (χ1v) is 6.73. The number of carboxylic acids is 1. The van der Waals surface area contributed by atoms with Gasteiger partial charge in [-0.2, -0.15) is 0 Å². The molecule has 5 heteroatoms. The molecule has 2 aromatic rings. The number of nitrogens with one attached hydrogen (secondary N) is 1. The summed E-state index contributed by atoms with van der Waals surface area (Å²) in [5.74, 6) is -0.414. The molecule has 0 atom stereocenters. The van der Waals surface area contributed by atoms with Gasteiger partial charge in [0.25, 0.3) is 0 Å². The Morgan fingerprint density at radius 3 is 2.75 bits per heavy atom. The summed E-state index contributed by atoms with van der Waals surface area (Å²) < 4.78 is 1.70. The molecule has 1 saturated carbocycles. The van der Waals surface area contributed by atoms with E-state index in [1.54, 1.807) is 16.7 Å². The Labute approximate surface area is 116 Å². The topological polar surface area (TPSA) is 71.3 Å². The van der Waals surface area contributed by atoms with Crippen molar-refractivity contribution in [3.8, 4) is 0 Å². The number of fused-ring (bicyclic) bond motifs is 1. The van der Waals surface area contributed by atoms with E-state index in [2.05, 4.69) is 5.32 Å². The number of carbonyl (C=O) groups is 2. The first-order chi connectivity index (χ1) is 9.65. The van der Waals surface area contributed by atoms with Gasteiger partial charge in [-0.3, -0.25) is 4.79 Å². The van der Waals surface area contributed by atoms with Crippen LogP contribution in [0.25, 0.3) is 10.9 Å². The van der Waals surface area contributed by atoms with Gasteiger partial charge < -0.3 is 15.0 Å². The number of rotatable bonds is 5. The highest BCUT2D eigenvalue weighted by molar-refractivity contribution is 6.03. The second-order valence-electron chi connectivity index (χ2n) is 5.24. The molecule has 0 spiro atoms. The summed E-state index contributed by atoms with van der Waals surface area (Å²) >= 11 is 0. The highest BCUT2D eigenvalue weighted by Gasteiger charge is 2.22. The third-order valence-corrected chi connectivity index (χ3v) is 3.62. The number of benzene rings is 1. The normalized spacial score (nSPS) is 14.4. The molecule has 3 rings (SSSR count). The average Bonchev–Trinajstić information content (AvgIpc) is 3.19. The van der Waals surface area contributed by atoms with E-state index in [9.17, 15) is 14.7 Å². The quantitative estimate of drug-likeness (QED) is 0.872. The number of para-hydroxylation sites is 1. The molecule has 2 N–H and O–H groups in total. The van der Waals surface area contributed by atoms with Gasteiger partial charge in [0.2, 0.25) is 5.91 Å². The molecule has 0 aliphatic heterocycles. The maximum Gasteiger partial charge on any atom is 0.337 e. The SMILES string of the molecule is O=C(Cn1cc(C(=O)O)c2ccccc21)NCC1CC1. The highest BCUT2D eigenvalue weighted by Crippen LogP contribution is 2.27. The van der Waals surface area contributed by atoms with Crippen LogP contribution in [-0.4, -0.2) is 28.1 Å². The minimum Gasteiger partial charge on any atom is -0.478 e. The number of amides is 1. The van der Waals surface area contributed by atoms with E-state index in [0.717, 1.165) is 12.1 Å². The summed E-state index contributed by atoms with van der Waals surface area (Å²) in [7, 11) is 0. The lowest BCUT2D eigenvalue weighted by atomic mass is 10.2. The molecule has 0 bridgehead atoms. The van der Waals surface area contributed by atoms with Crippen molar-refractivity contribution in [1.82, 2.24) is 9.88 Å². The highest BCUT2D eigenvalue weighted by atomic mass is 16.4. The van der Waals surface area contributed by atoms with Crippen LogP contribution in [0, 0.1) is 5.92 Å². The number of aromatic carboxylic acids is 1. The van der Waals surface area contributed by atoms with E-state index in [4.69, 9.17) is 0 Å². The molecule has 1 amide bonds. The first kappa shape index (κ1) is 12.7. The Morgan fingerprint density at radius 2 is 2.05 bits per heavy atom. The Balaban J connectivity index is 1.83. The zero-order valence-corrected chi connectivity index (χ0v) is 11.0. The van der Waals surface area contributed by atoms with Gasteiger partial charge in [-0.1, -0.05) is 18.2 Å². The summed E-state index contributed by atoms with van der Waals surface area (Å²) in [6.07, 6.45) is 3.91. The van der Waals surface area contributed by atoms with Crippen LogP contribution in [0.4, 0.5) is 0 Å². The summed E-state index contributed by atoms with van der Waals surface area (Å²) in [5.41, 5.74) is 1.00. The van der Waals surface area contributed by atoms with E-state index in [0.29, 0.717) is 11.3 Å². The van der Waals surface area contributed by atoms with Crippen LogP contribution in [0.2, 0.25) is 0 Å². The van der Waals surface area contributed by atoms with E-state index in [-0.39, 0.29) is 18.0 Å². The van der Waals surface area contributed by atoms with Crippen LogP contribution < -0.4 is 5.32 Å². The molecule has 0 radical (unpaired) electrons. The molecule has 1 aliphatic carbocycles. The molecule has 20 heavy (non-hydrogen) atoms. The molecule has 1 heterocycles. The Kier molecular flexibility index (Phi) is 3.18. The number of aromatic nitrogens is 1. The lowest BCUT2D eigenvalue weighted by molar-refractivity contribution is -0.121. The van der Waals surface area contributed by atoms with Crippen LogP contribution in [0.1, 0.15) is 23.2 Å². The fourth-order valence-corrected chi connectivity index (χ4v) is 2.34. The number of carbonyl (C=O) groups excluding carboxylic acids is 1. The lowest BCUT2D eigenvalue weighted by Gasteiger charge is -2.06. The van der Waals surface area contributed by atoms with E-state index < -0.39 is 5.97 Å². The summed E-state index contributed by atoms with van der Waals surface area (Å²) in [4.78, 5) is 23.1. The van der Waals surface area contributed by atoms with Crippen LogP contribution >= 0.6 is 0 Å². The standard InChI is InChI=1S/C15H16N2O3/c18-14(16-7-10-5-6-10)9-17-8-12(15(19)20)11-3-1-2-4-13(11)17/h1-4,8,10H,5-7,9H2,(H,16,18)(H,19,20). The zero-order valence-electron chi connectivity index (χ0n) is 11.0. The molecule has 1 aliphatic rings. The zero-order chi connectivity index (χ0) is 14.1. The Morgan fingerprint density at radius 1 is 1.30 bits per heavy atom. The minimum atomic E-state index is -0.974. The molecule has 104 valence electrons. The van der Waals surface area contributed by atoms with Gasteiger partial charge in [0, 0.05) is 23.6 Å². The van der Waals surface area contributed by atoms with Gasteiger partial charge in [0.15, 0.2) is 0 Å². The van der Waals surface area contributed by atoms with E-state index >= 15 is 0 Å². The van der Waals surface area contributed by atoms with E-state index in [1.165, 1.54) is 19.0 Å². The van der Waals surface area contributed by atoms with Crippen molar-refractivity contribution < 1.29 is 14.7 Å². The van der Waals surface area contributed by atoms with Crippen molar-refractivity contribution in [3.05, 3.63) is 36.0 Å². The van der Waals surface area contributed by atoms with Crippen LogP contribution in [0.3, 0.4) is 0 Å². The fraction of sp³-hybridized carbons (Fsp3) is 0.333. The van der Waals surface area contributed by atoms with Crippen molar-refractivity contribution >= 4 is 22.8 Å². The van der Waals surface area contributed by atoms with Crippen molar-refractivity contribution in [3.63, 3.8) is 0 Å². The van der Waals surface area contributed by atoms with Gasteiger partial charge in [0.1, 0.15) is 6.54 Å². The molecular weight excluding hydrogens is 256 g/mol. The summed E-state index contributed by atoms with van der Waals surface area (Å²) in [5, 5.41) is 12.8. The van der Waals surface area contributed by atoms with Gasteiger partial charge in [-0.25, -0.2) is 4.79 Å². The van der Waals surface area contributed by atoms with Crippen LogP contribution in [0.5, 0.6) is 0 Å². The van der Waals surface area contributed by atoms with E-state index in [1.807, 2.05) is 12.1 Å². The molecule has 0 unspecified atom stereocenters. The number of hydrogen-bond donors (Lipinski definition) is 2. The predicted octanol–water partition coefficient (Wildman–Crippen LogP) is 1.87. The first-order valence-electron chi connectivity index (χ1n) is 6.73. The van der Waals surface area contributed by atoms with Gasteiger partial charge in [-0.05, 0) is 24.8 Å². The lowest BCUT2D eigenvalue weighted by Crippen LogP contribution is -2.29. The Bertz CT molecular complexity index is 671. The molecular formula is C15H16N2O3. The molecule has 1 aromatic carbocycles. The maximum absolute atomic E-state index is 11.9. The van der Waals surface area contributed by atoms with Crippen LogP contribution in [-0.2, 0) is 11.3 Å². The second kappa shape index (κ2) is 5.00. The third kappa shape index (κ3) is 2.52. The van der Waals surface area contributed by atoms with Crippen molar-refractivity contribution in [2.24, 2.45) is 5.92 Å². The van der Waals surface area contributed by atoms with Gasteiger partial charge in [-0.15, -0.1) is 0 Å². The number of hydrogen-bond acceptors (Lipinski definition) is 2. The smallest absolute Gasteiger partial charge is 0.337 e. The molecule has 1 fully saturated rings. The summed E-state index contributed by atoms with van der Waals surface area (Å²) in [6.45, 7) is 0.879. The number of nitrogens with zero attached hydrogens (tertiary/aromatic N) is 1. The van der Waals surface area contributed by atoms with Crippen molar-refractivity contribution in [2.75, 3.05) is 6.54 Å². The molecule has 0 saturated heterocycles. The third-order valence-electron chi connectivity index (χ3n) is 3.62. The maximum atomic E-state index is 11.9. The van der Waals surface area contributed by atoms with Crippen molar-refractivity contribution in [2.45, 2.75) is 19.4 Å². The van der Waals surface area contributed by atoms with Gasteiger partial charge in [0.05, 0.1) is 5.56 Å². The minimum absolute atomic E-state index is 0.0745. The monoisotopic (exact) mass is 272 g/mol. The molecule has 5 nitrogen and oxygen atoms in total. The largest absolute Gasteiger partial charge is 0.478 e. The average molecular weight is 272 g/mol. The molecule has 1 aromatic heterocycles. The Hall–Kier alpha value is -2.30. The second-order valence-corrected chi connectivity index (χ2v) is 5.24.